The van der Waals surface area contributed by atoms with Gasteiger partial charge >= 0.3 is 0 Å². The largest absolute Gasteiger partial charge is 0.368 e. The molecule has 2 fully saturated rings. The van der Waals surface area contributed by atoms with E-state index in [1.165, 1.54) is 16.8 Å². The molecule has 172 valence electrons. The number of aromatic nitrogens is 2. The first-order valence-corrected chi connectivity index (χ1v) is 12.4. The lowest BCUT2D eigenvalue weighted by molar-refractivity contribution is -0.132. The number of benzene rings is 1. The van der Waals surface area contributed by atoms with Gasteiger partial charge in [0.1, 0.15) is 6.54 Å². The summed E-state index contributed by atoms with van der Waals surface area (Å²) in [6.07, 6.45) is 5.65. The Labute approximate surface area is 188 Å². The van der Waals surface area contributed by atoms with E-state index < -0.39 is 10.0 Å². The third-order valence-electron chi connectivity index (χ3n) is 6.12. The Kier molecular flexibility index (Phi) is 6.61. The Morgan fingerprint density at radius 1 is 0.938 bits per heavy atom. The van der Waals surface area contributed by atoms with Gasteiger partial charge in [0.2, 0.25) is 5.91 Å². The summed E-state index contributed by atoms with van der Waals surface area (Å²) in [4.78, 5) is 32.2. The molecular weight excluding hydrogens is 430 g/mol. The minimum atomic E-state index is -3.60. The van der Waals surface area contributed by atoms with Crippen molar-refractivity contribution in [2.45, 2.75) is 37.8 Å². The zero-order valence-electron chi connectivity index (χ0n) is 18.3. The fourth-order valence-electron chi connectivity index (χ4n) is 4.17. The number of hydrogen-bond acceptors (Lipinski definition) is 6. The smallest absolute Gasteiger partial charge is 0.262 e. The van der Waals surface area contributed by atoms with E-state index >= 15 is 0 Å². The quantitative estimate of drug-likeness (QED) is 0.609. The molecule has 0 radical (unpaired) electrons. The lowest BCUT2D eigenvalue weighted by Crippen LogP contribution is -2.49. The minimum absolute atomic E-state index is 0.00558. The van der Waals surface area contributed by atoms with E-state index in [9.17, 15) is 18.0 Å². The molecule has 2 aromatic rings. The van der Waals surface area contributed by atoms with Gasteiger partial charge < -0.3 is 14.4 Å². The number of Topliss-reactive ketones (excluding diaryl/α,β-unsaturated/α-hetero) is 1. The van der Waals surface area contributed by atoms with E-state index in [0.29, 0.717) is 44.8 Å². The van der Waals surface area contributed by atoms with E-state index in [0.717, 1.165) is 24.9 Å². The highest BCUT2D eigenvalue weighted by Gasteiger charge is 2.28. The average Bonchev–Trinajstić information content (AvgIpc) is 3.29. The third kappa shape index (κ3) is 4.86. The number of rotatable bonds is 6. The zero-order chi connectivity index (χ0) is 22.7. The predicted octanol–water partition coefficient (Wildman–Crippen LogP) is 1.61. The highest BCUT2D eigenvalue weighted by molar-refractivity contribution is 7.89. The highest BCUT2D eigenvalue weighted by Crippen LogP contribution is 2.20. The van der Waals surface area contributed by atoms with Crippen LogP contribution in [0.3, 0.4) is 0 Å². The van der Waals surface area contributed by atoms with Gasteiger partial charge in [0.15, 0.2) is 10.8 Å². The van der Waals surface area contributed by atoms with Crippen molar-refractivity contribution < 1.29 is 18.0 Å². The minimum Gasteiger partial charge on any atom is -0.368 e. The second-order valence-corrected chi connectivity index (χ2v) is 10.2. The van der Waals surface area contributed by atoms with Gasteiger partial charge in [0, 0.05) is 56.7 Å². The molecule has 10 heteroatoms. The molecule has 0 spiro atoms. The first kappa shape index (κ1) is 22.5. The van der Waals surface area contributed by atoms with Crippen LogP contribution in [0.4, 0.5) is 5.69 Å². The van der Waals surface area contributed by atoms with Crippen LogP contribution in [0.15, 0.2) is 41.8 Å². The van der Waals surface area contributed by atoms with Crippen molar-refractivity contribution in [1.29, 1.82) is 0 Å². The number of nitrogens with zero attached hydrogens (tertiary/aromatic N) is 5. The Morgan fingerprint density at radius 3 is 2.22 bits per heavy atom. The van der Waals surface area contributed by atoms with Crippen molar-refractivity contribution in [2.75, 3.05) is 44.2 Å². The third-order valence-corrected chi connectivity index (χ3v) is 7.90. The van der Waals surface area contributed by atoms with Crippen LogP contribution in [-0.4, -0.2) is 78.1 Å². The molecule has 0 saturated carbocycles. The predicted molar refractivity (Wildman–Crippen MR) is 120 cm³/mol. The SMILES string of the molecule is CC(=O)c1ccc(N2CCN(C(=O)Cn3cnc(S(=O)(=O)N4CCCCC4)c3)CC2)cc1. The first-order valence-electron chi connectivity index (χ1n) is 11.0. The lowest BCUT2D eigenvalue weighted by Gasteiger charge is -2.36. The molecule has 1 amide bonds. The van der Waals surface area contributed by atoms with Crippen LogP contribution in [0.5, 0.6) is 0 Å². The molecular formula is C22H29N5O4S. The van der Waals surface area contributed by atoms with Crippen LogP contribution in [-0.2, 0) is 21.4 Å². The molecule has 9 nitrogen and oxygen atoms in total. The number of carbonyl (C=O) groups is 2. The van der Waals surface area contributed by atoms with Gasteiger partial charge in [-0.25, -0.2) is 13.4 Å². The molecule has 4 rings (SSSR count). The van der Waals surface area contributed by atoms with E-state index in [2.05, 4.69) is 9.88 Å². The van der Waals surface area contributed by atoms with Crippen LogP contribution in [0.2, 0.25) is 0 Å². The van der Waals surface area contributed by atoms with Gasteiger partial charge in [-0.3, -0.25) is 9.59 Å². The maximum Gasteiger partial charge on any atom is 0.262 e. The van der Waals surface area contributed by atoms with E-state index in [4.69, 9.17) is 0 Å². The monoisotopic (exact) mass is 459 g/mol. The van der Waals surface area contributed by atoms with Gasteiger partial charge in [0.25, 0.3) is 10.0 Å². The van der Waals surface area contributed by atoms with Gasteiger partial charge in [-0.1, -0.05) is 6.42 Å². The Balaban J connectivity index is 1.32. The second-order valence-electron chi connectivity index (χ2n) is 8.32. The van der Waals surface area contributed by atoms with Crippen LogP contribution in [0.25, 0.3) is 0 Å². The number of amides is 1. The van der Waals surface area contributed by atoms with Gasteiger partial charge in [-0.05, 0) is 44.0 Å². The Bertz CT molecular complexity index is 1070. The molecule has 2 aliphatic heterocycles. The van der Waals surface area contributed by atoms with Crippen molar-refractivity contribution in [3.63, 3.8) is 0 Å². The van der Waals surface area contributed by atoms with Gasteiger partial charge in [-0.2, -0.15) is 4.31 Å². The molecule has 0 N–H and O–H groups in total. The summed E-state index contributed by atoms with van der Waals surface area (Å²) in [6.45, 7) is 5.22. The fourth-order valence-corrected chi connectivity index (χ4v) is 5.63. The molecule has 0 bridgehead atoms. The molecule has 1 aromatic carbocycles. The molecule has 3 heterocycles. The highest BCUT2D eigenvalue weighted by atomic mass is 32.2. The van der Waals surface area contributed by atoms with Crippen molar-refractivity contribution in [2.24, 2.45) is 0 Å². The van der Waals surface area contributed by atoms with Gasteiger partial charge in [-0.15, -0.1) is 0 Å². The van der Waals surface area contributed by atoms with E-state index in [1.807, 2.05) is 24.3 Å². The Morgan fingerprint density at radius 2 is 1.59 bits per heavy atom. The molecule has 0 atom stereocenters. The maximum atomic E-state index is 12.8. The normalized spacial score (nSPS) is 18.0. The maximum absolute atomic E-state index is 12.8. The number of piperazine rings is 1. The van der Waals surface area contributed by atoms with Gasteiger partial charge in [0.05, 0.1) is 6.33 Å². The van der Waals surface area contributed by atoms with Crippen molar-refractivity contribution in [3.8, 4) is 0 Å². The summed E-state index contributed by atoms with van der Waals surface area (Å²) in [6, 6.07) is 7.52. The zero-order valence-corrected chi connectivity index (χ0v) is 19.1. The molecule has 0 unspecified atom stereocenters. The number of hydrogen-bond donors (Lipinski definition) is 0. The topological polar surface area (TPSA) is 95.8 Å². The van der Waals surface area contributed by atoms with Crippen molar-refractivity contribution in [3.05, 3.63) is 42.4 Å². The molecule has 2 aliphatic rings. The van der Waals surface area contributed by atoms with Crippen molar-refractivity contribution in [1.82, 2.24) is 18.8 Å². The average molecular weight is 460 g/mol. The summed E-state index contributed by atoms with van der Waals surface area (Å²) in [5, 5.41) is 0.00558. The second kappa shape index (κ2) is 9.41. The Hall–Kier alpha value is -2.72. The number of carbonyl (C=O) groups excluding carboxylic acids is 2. The van der Waals surface area contributed by atoms with E-state index in [1.54, 1.807) is 16.4 Å². The summed E-state index contributed by atoms with van der Waals surface area (Å²) in [5.41, 5.74) is 1.72. The standard InChI is InChI=1S/C22H29N5O4S/c1-18(28)19-5-7-20(8-6-19)25-11-13-26(14-12-25)22(29)16-24-15-21(23-17-24)32(30,31)27-9-3-2-4-10-27/h5-8,15,17H,2-4,9-14,16H2,1H3. The van der Waals surface area contributed by atoms with Crippen LogP contribution in [0.1, 0.15) is 36.5 Å². The summed E-state index contributed by atoms with van der Waals surface area (Å²) >= 11 is 0. The lowest BCUT2D eigenvalue weighted by atomic mass is 10.1. The first-order chi connectivity index (χ1) is 15.3. The van der Waals surface area contributed by atoms with E-state index in [-0.39, 0.29) is 23.3 Å². The molecule has 0 aliphatic carbocycles. The van der Waals surface area contributed by atoms with Crippen molar-refractivity contribution >= 4 is 27.4 Å². The molecule has 1 aromatic heterocycles. The summed E-state index contributed by atoms with van der Waals surface area (Å²) in [7, 11) is -3.60. The summed E-state index contributed by atoms with van der Waals surface area (Å²) in [5.74, 6) is -0.0192. The number of piperidine rings is 1. The van der Waals surface area contributed by atoms with Crippen LogP contribution < -0.4 is 4.90 Å². The number of ketones is 1. The summed E-state index contributed by atoms with van der Waals surface area (Å²) < 4.78 is 28.5. The number of imidazole rings is 1. The number of sulfonamides is 1. The van der Waals surface area contributed by atoms with Crippen LogP contribution in [0, 0.1) is 0 Å². The fraction of sp³-hybridized carbons (Fsp3) is 0.500. The van der Waals surface area contributed by atoms with Crippen LogP contribution >= 0.6 is 0 Å². The molecule has 2 saturated heterocycles. The number of anilines is 1. The molecule has 32 heavy (non-hydrogen) atoms.